The predicted octanol–water partition coefficient (Wildman–Crippen LogP) is 2.58. The van der Waals surface area contributed by atoms with Gasteiger partial charge in [-0.2, -0.15) is 0 Å². The lowest BCUT2D eigenvalue weighted by molar-refractivity contribution is -0.143. The Morgan fingerprint density at radius 3 is 2.42 bits per heavy atom. The van der Waals surface area contributed by atoms with Gasteiger partial charge in [-0.05, 0) is 28.8 Å². The minimum Gasteiger partial charge on any atom is -0.480 e. The van der Waals surface area contributed by atoms with E-state index in [-0.39, 0.29) is 24.8 Å². The average molecular weight is 356 g/mol. The quantitative estimate of drug-likeness (QED) is 0.677. The van der Waals surface area contributed by atoms with Crippen LogP contribution in [0, 0.1) is 5.92 Å². The highest BCUT2D eigenvalue weighted by Crippen LogP contribution is 2.15. The zero-order valence-electron chi connectivity index (χ0n) is 15.0. The van der Waals surface area contributed by atoms with Crippen LogP contribution in [0.1, 0.15) is 37.0 Å². The number of hydrogen-bond donors (Lipinski definition) is 3. The van der Waals surface area contributed by atoms with Crippen LogP contribution < -0.4 is 10.6 Å². The molecule has 0 heterocycles. The average Bonchev–Trinajstić information content (AvgIpc) is 2.64. The zero-order valence-corrected chi connectivity index (χ0v) is 15.0. The number of benzene rings is 2. The molecule has 0 saturated heterocycles. The summed E-state index contributed by atoms with van der Waals surface area (Å²) in [5.41, 5.74) is 0.520. The molecule has 0 unspecified atom stereocenters. The van der Waals surface area contributed by atoms with Gasteiger partial charge in [-0.3, -0.25) is 9.59 Å². The lowest BCUT2D eigenvalue weighted by atomic mass is 9.99. The first-order chi connectivity index (χ1) is 12.4. The second-order valence-corrected chi connectivity index (χ2v) is 6.34. The minimum atomic E-state index is -1.05. The van der Waals surface area contributed by atoms with Crippen LogP contribution in [0.15, 0.2) is 42.5 Å². The molecule has 0 saturated carbocycles. The third-order valence-corrected chi connectivity index (χ3v) is 4.44. The van der Waals surface area contributed by atoms with Gasteiger partial charge in [0.1, 0.15) is 6.04 Å². The summed E-state index contributed by atoms with van der Waals surface area (Å²) in [6.07, 6.45) is 0.676. The zero-order chi connectivity index (χ0) is 19.1. The Kier molecular flexibility index (Phi) is 6.72. The summed E-state index contributed by atoms with van der Waals surface area (Å²) in [7, 11) is 0. The van der Waals surface area contributed by atoms with Crippen molar-refractivity contribution >= 4 is 28.6 Å². The van der Waals surface area contributed by atoms with E-state index in [0.717, 1.165) is 10.8 Å². The summed E-state index contributed by atoms with van der Waals surface area (Å²) in [5, 5.41) is 16.4. The molecule has 2 aromatic rings. The Morgan fingerprint density at radius 2 is 1.77 bits per heavy atom. The van der Waals surface area contributed by atoms with Crippen molar-refractivity contribution < 1.29 is 19.5 Å². The van der Waals surface area contributed by atoms with Gasteiger partial charge in [0.2, 0.25) is 5.91 Å². The number of carboxylic acids is 1. The van der Waals surface area contributed by atoms with Crippen molar-refractivity contribution in [1.82, 2.24) is 10.6 Å². The van der Waals surface area contributed by atoms with Crippen molar-refractivity contribution in [2.24, 2.45) is 5.92 Å². The number of fused-ring (bicyclic) bond motifs is 1. The number of aliphatic carboxylic acids is 1. The predicted molar refractivity (Wildman–Crippen MR) is 99.9 cm³/mol. The second-order valence-electron chi connectivity index (χ2n) is 6.34. The molecule has 2 atom stereocenters. The molecule has 0 spiro atoms. The normalized spacial score (nSPS) is 13.0. The Labute approximate surface area is 152 Å². The molecule has 6 nitrogen and oxygen atoms in total. The maximum atomic E-state index is 12.2. The fourth-order valence-electron chi connectivity index (χ4n) is 2.65. The molecule has 6 heteroatoms. The van der Waals surface area contributed by atoms with E-state index >= 15 is 0 Å². The number of nitrogens with one attached hydrogen (secondary N) is 2. The highest BCUT2D eigenvalue weighted by Gasteiger charge is 2.25. The standard InChI is InChI=1S/C20H24N2O4/c1-3-13(2)18(20(25)26)22-17(23)10-11-21-19(24)16-9-8-14-6-4-5-7-15(14)12-16/h4-9,12-13,18H,3,10-11H2,1-2H3,(H,21,24)(H,22,23)(H,25,26)/t13-,18-/m0/s1. The topological polar surface area (TPSA) is 95.5 Å². The van der Waals surface area contributed by atoms with Crippen LogP contribution in [0.5, 0.6) is 0 Å². The Balaban J connectivity index is 1.86. The van der Waals surface area contributed by atoms with E-state index in [0.29, 0.717) is 12.0 Å². The van der Waals surface area contributed by atoms with Crippen LogP contribution in [0.3, 0.4) is 0 Å². The second kappa shape index (κ2) is 8.99. The van der Waals surface area contributed by atoms with Crippen LogP contribution in [0.25, 0.3) is 10.8 Å². The van der Waals surface area contributed by atoms with Gasteiger partial charge in [0.15, 0.2) is 0 Å². The molecular weight excluding hydrogens is 332 g/mol. The largest absolute Gasteiger partial charge is 0.480 e. The number of hydrogen-bond acceptors (Lipinski definition) is 3. The van der Waals surface area contributed by atoms with Gasteiger partial charge in [-0.15, -0.1) is 0 Å². The first-order valence-corrected chi connectivity index (χ1v) is 8.71. The van der Waals surface area contributed by atoms with Crippen LogP contribution in [-0.2, 0) is 9.59 Å². The van der Waals surface area contributed by atoms with Gasteiger partial charge in [-0.25, -0.2) is 4.79 Å². The van der Waals surface area contributed by atoms with E-state index in [1.807, 2.05) is 37.3 Å². The summed E-state index contributed by atoms with van der Waals surface area (Å²) in [6, 6.07) is 12.2. The maximum Gasteiger partial charge on any atom is 0.326 e. The van der Waals surface area contributed by atoms with Crippen molar-refractivity contribution in [3.8, 4) is 0 Å². The fraction of sp³-hybridized carbons (Fsp3) is 0.350. The summed E-state index contributed by atoms with van der Waals surface area (Å²) in [6.45, 7) is 3.79. The van der Waals surface area contributed by atoms with Gasteiger partial charge < -0.3 is 15.7 Å². The van der Waals surface area contributed by atoms with Crippen LogP contribution in [0.2, 0.25) is 0 Å². The lowest BCUT2D eigenvalue weighted by Gasteiger charge is -2.20. The van der Waals surface area contributed by atoms with E-state index in [1.54, 1.807) is 19.1 Å². The van der Waals surface area contributed by atoms with Gasteiger partial charge in [0.05, 0.1) is 0 Å². The Morgan fingerprint density at radius 1 is 1.08 bits per heavy atom. The van der Waals surface area contributed by atoms with Gasteiger partial charge in [0.25, 0.3) is 5.91 Å². The SMILES string of the molecule is CC[C@H](C)[C@H](NC(=O)CCNC(=O)c1ccc2ccccc2c1)C(=O)O. The lowest BCUT2D eigenvalue weighted by Crippen LogP contribution is -2.45. The Hall–Kier alpha value is -2.89. The van der Waals surface area contributed by atoms with E-state index in [4.69, 9.17) is 0 Å². The number of carbonyl (C=O) groups excluding carboxylic acids is 2. The van der Waals surface area contributed by atoms with Crippen molar-refractivity contribution in [2.45, 2.75) is 32.7 Å². The molecule has 0 aromatic heterocycles. The summed E-state index contributed by atoms with van der Waals surface area (Å²) >= 11 is 0. The number of rotatable bonds is 8. The third-order valence-electron chi connectivity index (χ3n) is 4.44. The molecule has 138 valence electrons. The highest BCUT2D eigenvalue weighted by atomic mass is 16.4. The number of carboxylic acid groups (broad SMARTS) is 1. The van der Waals surface area contributed by atoms with Crippen molar-refractivity contribution in [1.29, 1.82) is 0 Å². The molecule has 0 bridgehead atoms. The van der Waals surface area contributed by atoms with E-state index in [1.165, 1.54) is 0 Å². The van der Waals surface area contributed by atoms with Crippen molar-refractivity contribution in [3.05, 3.63) is 48.0 Å². The first-order valence-electron chi connectivity index (χ1n) is 8.71. The summed E-state index contributed by atoms with van der Waals surface area (Å²) in [4.78, 5) is 35.4. The van der Waals surface area contributed by atoms with Crippen molar-refractivity contribution in [3.63, 3.8) is 0 Å². The molecule has 0 radical (unpaired) electrons. The molecule has 0 aliphatic rings. The maximum absolute atomic E-state index is 12.2. The fourth-order valence-corrected chi connectivity index (χ4v) is 2.65. The highest BCUT2D eigenvalue weighted by molar-refractivity contribution is 5.98. The van der Waals surface area contributed by atoms with Crippen LogP contribution in [-0.4, -0.2) is 35.5 Å². The summed E-state index contributed by atoms with van der Waals surface area (Å²) in [5.74, 6) is -1.87. The van der Waals surface area contributed by atoms with E-state index in [9.17, 15) is 19.5 Å². The molecule has 2 aromatic carbocycles. The molecule has 26 heavy (non-hydrogen) atoms. The van der Waals surface area contributed by atoms with Gasteiger partial charge >= 0.3 is 5.97 Å². The number of carbonyl (C=O) groups is 3. The van der Waals surface area contributed by atoms with Crippen LogP contribution in [0.4, 0.5) is 0 Å². The van der Waals surface area contributed by atoms with Gasteiger partial charge in [-0.1, -0.05) is 50.6 Å². The molecule has 0 aliphatic carbocycles. The Bertz CT molecular complexity index is 803. The van der Waals surface area contributed by atoms with Crippen molar-refractivity contribution in [2.75, 3.05) is 6.54 Å². The first kappa shape index (κ1) is 19.4. The molecule has 2 rings (SSSR count). The van der Waals surface area contributed by atoms with Crippen LogP contribution >= 0.6 is 0 Å². The molecular formula is C20H24N2O4. The monoisotopic (exact) mass is 356 g/mol. The molecule has 2 amide bonds. The van der Waals surface area contributed by atoms with E-state index in [2.05, 4.69) is 10.6 Å². The van der Waals surface area contributed by atoms with E-state index < -0.39 is 17.9 Å². The minimum absolute atomic E-state index is 0.0273. The third kappa shape index (κ3) is 5.05. The van der Waals surface area contributed by atoms with Gasteiger partial charge in [0, 0.05) is 18.5 Å². The molecule has 3 N–H and O–H groups in total. The summed E-state index contributed by atoms with van der Waals surface area (Å²) < 4.78 is 0. The molecule has 0 fully saturated rings. The molecule has 0 aliphatic heterocycles. The smallest absolute Gasteiger partial charge is 0.326 e. The number of amides is 2.